The van der Waals surface area contributed by atoms with Gasteiger partial charge in [-0.25, -0.2) is 0 Å². The Morgan fingerprint density at radius 2 is 1.45 bits per heavy atom. The molecule has 0 unspecified atom stereocenters. The van der Waals surface area contributed by atoms with Crippen LogP contribution >= 0.6 is 21.6 Å². The molecule has 40 heavy (non-hydrogen) atoms. The summed E-state index contributed by atoms with van der Waals surface area (Å²) in [4.78, 5) is 24.0. The highest BCUT2D eigenvalue weighted by atomic mass is 33.1. The summed E-state index contributed by atoms with van der Waals surface area (Å²) < 4.78 is 16.1. The molecular weight excluding hydrogens is 540 g/mol. The van der Waals surface area contributed by atoms with Gasteiger partial charge in [0.05, 0.1) is 7.11 Å². The number of unbranched alkanes of at least 4 members (excludes halogenated alkanes) is 1. The monoisotopic (exact) mass is 580 g/mol. The SMILES string of the molecule is CCCCC(=O)OCCSSCCOC(=O)CCc1cc(OC)ccc1-c1ccc(-c2cccc(C)c2)c(C)c1. The molecule has 0 bridgehead atoms. The average Bonchev–Trinajstić information content (AvgIpc) is 2.96. The molecule has 3 aromatic rings. The lowest BCUT2D eigenvalue weighted by atomic mass is 9.92. The van der Waals surface area contributed by atoms with E-state index in [0.717, 1.165) is 41.0 Å². The molecule has 0 aliphatic rings. The van der Waals surface area contributed by atoms with Crippen molar-refractivity contribution in [2.45, 2.75) is 52.9 Å². The average molecular weight is 581 g/mol. The first-order valence-corrected chi connectivity index (χ1v) is 16.3. The van der Waals surface area contributed by atoms with Crippen molar-refractivity contribution in [1.29, 1.82) is 0 Å². The fourth-order valence-corrected chi connectivity index (χ4v) is 6.01. The van der Waals surface area contributed by atoms with E-state index in [0.29, 0.717) is 38.2 Å². The number of rotatable bonds is 16. The van der Waals surface area contributed by atoms with Gasteiger partial charge in [-0.15, -0.1) is 0 Å². The van der Waals surface area contributed by atoms with Crippen LogP contribution in [0, 0.1) is 13.8 Å². The van der Waals surface area contributed by atoms with Crippen LogP contribution in [0.4, 0.5) is 0 Å². The van der Waals surface area contributed by atoms with Gasteiger partial charge in [0.1, 0.15) is 19.0 Å². The van der Waals surface area contributed by atoms with E-state index in [4.69, 9.17) is 14.2 Å². The number of esters is 2. The minimum Gasteiger partial charge on any atom is -0.497 e. The number of benzene rings is 3. The first-order chi connectivity index (χ1) is 19.4. The zero-order chi connectivity index (χ0) is 28.7. The van der Waals surface area contributed by atoms with Crippen LogP contribution < -0.4 is 4.74 Å². The van der Waals surface area contributed by atoms with Crippen LogP contribution in [0.2, 0.25) is 0 Å². The Bertz CT molecular complexity index is 1260. The summed E-state index contributed by atoms with van der Waals surface area (Å²) in [6.45, 7) is 7.07. The number of hydrogen-bond acceptors (Lipinski definition) is 7. The van der Waals surface area contributed by atoms with Gasteiger partial charge in [0.2, 0.25) is 0 Å². The van der Waals surface area contributed by atoms with Gasteiger partial charge in [0, 0.05) is 24.3 Å². The van der Waals surface area contributed by atoms with Crippen molar-refractivity contribution in [2.24, 2.45) is 0 Å². The molecule has 0 radical (unpaired) electrons. The minimum absolute atomic E-state index is 0.130. The maximum absolute atomic E-state index is 12.5. The number of hydrogen-bond donors (Lipinski definition) is 0. The second-order valence-electron chi connectivity index (χ2n) is 9.61. The Labute approximate surface area is 246 Å². The zero-order valence-corrected chi connectivity index (χ0v) is 25.6. The summed E-state index contributed by atoms with van der Waals surface area (Å²) in [6, 6.07) is 21.1. The van der Waals surface area contributed by atoms with Gasteiger partial charge in [-0.05, 0) is 72.2 Å². The standard InChI is InChI=1S/C33H40O5S2/c1-5-6-10-32(34)37-17-19-39-40-20-18-38-33(35)16-12-28-23-29(36-4)13-15-31(28)27-11-14-30(25(3)22-27)26-9-7-8-24(2)21-26/h7-9,11,13-15,21-23H,5-6,10,12,16-20H2,1-4H3. The number of carbonyl (C=O) groups excluding carboxylic acids is 2. The fraction of sp³-hybridized carbons (Fsp3) is 0.394. The first-order valence-electron chi connectivity index (χ1n) is 13.8. The number of aryl methyl sites for hydroxylation is 3. The summed E-state index contributed by atoms with van der Waals surface area (Å²) in [7, 11) is 4.89. The molecule has 214 valence electrons. The number of methoxy groups -OCH3 is 1. The Balaban J connectivity index is 1.50. The Hall–Kier alpha value is -2.90. The van der Waals surface area contributed by atoms with Crippen LogP contribution in [-0.4, -0.2) is 43.8 Å². The molecule has 0 amide bonds. The molecule has 0 spiro atoms. The van der Waals surface area contributed by atoms with Crippen molar-refractivity contribution in [2.75, 3.05) is 31.8 Å². The third-order valence-corrected chi connectivity index (χ3v) is 8.79. The number of carbonyl (C=O) groups is 2. The van der Waals surface area contributed by atoms with Crippen LogP contribution in [-0.2, 0) is 25.5 Å². The summed E-state index contributed by atoms with van der Waals surface area (Å²) in [6.07, 6.45) is 3.21. The molecule has 0 saturated carbocycles. The van der Waals surface area contributed by atoms with Gasteiger partial charge < -0.3 is 14.2 Å². The molecule has 0 N–H and O–H groups in total. The van der Waals surface area contributed by atoms with E-state index in [-0.39, 0.29) is 11.9 Å². The first kappa shape index (κ1) is 31.6. The molecule has 3 aromatic carbocycles. The van der Waals surface area contributed by atoms with Crippen molar-refractivity contribution >= 4 is 33.5 Å². The molecule has 0 aromatic heterocycles. The molecule has 0 heterocycles. The van der Waals surface area contributed by atoms with Crippen LogP contribution in [0.3, 0.4) is 0 Å². The normalized spacial score (nSPS) is 10.8. The van der Waals surface area contributed by atoms with E-state index >= 15 is 0 Å². The van der Waals surface area contributed by atoms with Crippen molar-refractivity contribution in [3.05, 3.63) is 77.4 Å². The van der Waals surface area contributed by atoms with Gasteiger partial charge in [-0.2, -0.15) is 0 Å². The highest BCUT2D eigenvalue weighted by Gasteiger charge is 2.12. The highest BCUT2D eigenvalue weighted by molar-refractivity contribution is 8.76. The summed E-state index contributed by atoms with van der Waals surface area (Å²) in [5.41, 5.74) is 8.13. The zero-order valence-electron chi connectivity index (χ0n) is 24.0. The number of ether oxygens (including phenoxy) is 3. The van der Waals surface area contributed by atoms with Crippen LogP contribution in [0.15, 0.2) is 60.7 Å². The van der Waals surface area contributed by atoms with E-state index in [9.17, 15) is 9.59 Å². The summed E-state index contributed by atoms with van der Waals surface area (Å²) >= 11 is 0. The lowest BCUT2D eigenvalue weighted by molar-refractivity contribution is -0.143. The molecule has 0 atom stereocenters. The molecule has 7 heteroatoms. The molecule has 5 nitrogen and oxygen atoms in total. The van der Waals surface area contributed by atoms with Crippen molar-refractivity contribution in [3.8, 4) is 28.0 Å². The van der Waals surface area contributed by atoms with Gasteiger partial charge in [-0.3, -0.25) is 9.59 Å². The van der Waals surface area contributed by atoms with Crippen molar-refractivity contribution in [3.63, 3.8) is 0 Å². The maximum atomic E-state index is 12.5. The Morgan fingerprint density at radius 1 is 0.775 bits per heavy atom. The van der Waals surface area contributed by atoms with Gasteiger partial charge in [0.25, 0.3) is 0 Å². The molecule has 0 fully saturated rings. The van der Waals surface area contributed by atoms with E-state index in [1.807, 2.05) is 12.1 Å². The smallest absolute Gasteiger partial charge is 0.306 e. The Kier molecular flexibility index (Phi) is 13.5. The quantitative estimate of drug-likeness (QED) is 0.0960. The van der Waals surface area contributed by atoms with E-state index in [2.05, 4.69) is 69.3 Å². The lowest BCUT2D eigenvalue weighted by Crippen LogP contribution is -2.09. The third-order valence-electron chi connectivity index (χ3n) is 6.45. The van der Waals surface area contributed by atoms with E-state index < -0.39 is 0 Å². The Morgan fingerprint density at radius 3 is 2.10 bits per heavy atom. The molecule has 0 aliphatic heterocycles. The fourth-order valence-electron chi connectivity index (χ4n) is 4.35. The second kappa shape index (κ2) is 17.0. The molecular formula is C33H40O5S2. The van der Waals surface area contributed by atoms with Gasteiger partial charge in [0.15, 0.2) is 0 Å². The van der Waals surface area contributed by atoms with Gasteiger partial charge >= 0.3 is 11.9 Å². The molecule has 0 saturated heterocycles. The van der Waals surface area contributed by atoms with Gasteiger partial charge in [-0.1, -0.05) is 89.0 Å². The topological polar surface area (TPSA) is 61.8 Å². The molecule has 3 rings (SSSR count). The predicted octanol–water partition coefficient (Wildman–Crippen LogP) is 8.24. The van der Waals surface area contributed by atoms with E-state index in [1.165, 1.54) is 22.3 Å². The summed E-state index contributed by atoms with van der Waals surface area (Å²) in [5, 5.41) is 0. The van der Waals surface area contributed by atoms with Crippen LogP contribution in [0.1, 0.15) is 49.3 Å². The van der Waals surface area contributed by atoms with Crippen LogP contribution in [0.5, 0.6) is 5.75 Å². The second-order valence-corrected chi connectivity index (χ2v) is 12.3. The molecule has 0 aliphatic carbocycles. The summed E-state index contributed by atoms with van der Waals surface area (Å²) in [5.74, 6) is 1.84. The largest absolute Gasteiger partial charge is 0.497 e. The maximum Gasteiger partial charge on any atom is 0.306 e. The van der Waals surface area contributed by atoms with E-state index in [1.54, 1.807) is 28.7 Å². The predicted molar refractivity (Wildman–Crippen MR) is 168 cm³/mol. The minimum atomic E-state index is -0.213. The van der Waals surface area contributed by atoms with Crippen molar-refractivity contribution < 1.29 is 23.8 Å². The van der Waals surface area contributed by atoms with Crippen LogP contribution in [0.25, 0.3) is 22.3 Å². The highest BCUT2D eigenvalue weighted by Crippen LogP contribution is 2.33. The third kappa shape index (κ3) is 10.3. The lowest BCUT2D eigenvalue weighted by Gasteiger charge is -2.14. The van der Waals surface area contributed by atoms with Crippen molar-refractivity contribution in [1.82, 2.24) is 0 Å².